The van der Waals surface area contributed by atoms with Crippen molar-refractivity contribution < 1.29 is 19.5 Å². The van der Waals surface area contributed by atoms with E-state index in [0.717, 1.165) is 10.4 Å². The summed E-state index contributed by atoms with van der Waals surface area (Å²) in [5, 5.41) is 15.1. The summed E-state index contributed by atoms with van der Waals surface area (Å²) in [6.45, 7) is 5.51. The Morgan fingerprint density at radius 3 is 2.33 bits per heavy atom. The molecule has 1 heterocycles. The first kappa shape index (κ1) is 19.4. The number of hydrogen-bond donors (Lipinski definition) is 3. The molecule has 0 unspecified atom stereocenters. The number of benzene rings is 1. The predicted octanol–water partition coefficient (Wildman–Crippen LogP) is 4.23. The zero-order valence-corrected chi connectivity index (χ0v) is 16.6. The van der Waals surface area contributed by atoms with Crippen molar-refractivity contribution in [3.8, 4) is 0 Å². The summed E-state index contributed by atoms with van der Waals surface area (Å²) in [4.78, 5) is 37.7. The molecule has 1 aromatic carbocycles. The predicted molar refractivity (Wildman–Crippen MR) is 105 cm³/mol. The van der Waals surface area contributed by atoms with Crippen LogP contribution in [-0.4, -0.2) is 28.4 Å². The number of hydrogen-bond acceptors (Lipinski definition) is 4. The van der Waals surface area contributed by atoms with Gasteiger partial charge in [-0.15, -0.1) is 11.3 Å². The fourth-order valence-electron chi connectivity index (χ4n) is 3.11. The van der Waals surface area contributed by atoms with E-state index in [2.05, 4.69) is 10.6 Å². The second-order valence-corrected chi connectivity index (χ2v) is 8.45. The van der Waals surface area contributed by atoms with Crippen LogP contribution in [-0.2, 0) is 4.79 Å². The first-order valence-corrected chi connectivity index (χ1v) is 9.58. The van der Waals surface area contributed by atoms with Crippen LogP contribution in [0, 0.1) is 19.8 Å². The molecule has 8 heteroatoms. The second kappa shape index (κ2) is 6.98. The summed E-state index contributed by atoms with van der Waals surface area (Å²) in [6, 6.07) is 6.55. The Morgan fingerprint density at radius 2 is 1.81 bits per heavy atom. The van der Waals surface area contributed by atoms with E-state index in [1.165, 1.54) is 11.3 Å². The third kappa shape index (κ3) is 3.57. The molecule has 3 N–H and O–H groups in total. The fraction of sp³-hybridized carbons (Fsp3) is 0.316. The van der Waals surface area contributed by atoms with E-state index >= 15 is 0 Å². The van der Waals surface area contributed by atoms with Gasteiger partial charge < -0.3 is 15.7 Å². The minimum absolute atomic E-state index is 0.105. The highest BCUT2D eigenvalue weighted by Crippen LogP contribution is 2.45. The van der Waals surface area contributed by atoms with Gasteiger partial charge in [-0.25, -0.2) is 4.79 Å². The van der Waals surface area contributed by atoms with Crippen molar-refractivity contribution >= 4 is 45.7 Å². The lowest BCUT2D eigenvalue weighted by atomic mass is 10.0. The smallest absolute Gasteiger partial charge is 0.405 e. The van der Waals surface area contributed by atoms with E-state index in [9.17, 15) is 14.4 Å². The van der Waals surface area contributed by atoms with Crippen molar-refractivity contribution in [2.75, 3.05) is 5.32 Å². The van der Waals surface area contributed by atoms with Crippen LogP contribution >= 0.6 is 22.9 Å². The number of carbonyl (C=O) groups is 3. The van der Waals surface area contributed by atoms with Gasteiger partial charge >= 0.3 is 6.09 Å². The number of rotatable bonds is 5. The van der Waals surface area contributed by atoms with Crippen molar-refractivity contribution in [1.29, 1.82) is 0 Å². The van der Waals surface area contributed by atoms with Gasteiger partial charge in [0.2, 0.25) is 0 Å². The van der Waals surface area contributed by atoms with Crippen molar-refractivity contribution in [1.82, 2.24) is 5.32 Å². The minimum atomic E-state index is -1.24. The summed E-state index contributed by atoms with van der Waals surface area (Å²) in [7, 11) is 0. The molecule has 1 aliphatic carbocycles. The van der Waals surface area contributed by atoms with Crippen molar-refractivity contribution in [2.24, 2.45) is 5.92 Å². The third-order valence-electron chi connectivity index (χ3n) is 4.99. The monoisotopic (exact) mass is 406 g/mol. The van der Waals surface area contributed by atoms with Crippen LogP contribution in [0.15, 0.2) is 24.3 Å². The minimum Gasteiger partial charge on any atom is -0.465 e. The third-order valence-corrected chi connectivity index (χ3v) is 6.36. The number of halogens is 1. The number of aryl methyl sites for hydroxylation is 1. The Bertz CT molecular complexity index is 938. The Morgan fingerprint density at radius 1 is 1.22 bits per heavy atom. The van der Waals surface area contributed by atoms with Gasteiger partial charge in [-0.05, 0) is 56.0 Å². The molecule has 2 amide bonds. The molecule has 1 aromatic heterocycles. The average molecular weight is 407 g/mol. The van der Waals surface area contributed by atoms with Gasteiger partial charge in [0.15, 0.2) is 5.78 Å². The van der Waals surface area contributed by atoms with Crippen LogP contribution in [0.5, 0.6) is 0 Å². The van der Waals surface area contributed by atoms with Crippen molar-refractivity contribution in [2.45, 2.75) is 32.7 Å². The number of carboxylic acid groups (broad SMARTS) is 1. The average Bonchev–Trinajstić information content (AvgIpc) is 3.15. The molecule has 0 aliphatic heterocycles. The zero-order chi connectivity index (χ0) is 19.9. The Balaban J connectivity index is 1.92. The Kier molecular flexibility index (Phi) is 5.01. The van der Waals surface area contributed by atoms with Gasteiger partial charge in [-0.1, -0.05) is 18.5 Å². The van der Waals surface area contributed by atoms with Crippen molar-refractivity contribution in [3.05, 3.63) is 50.9 Å². The molecule has 2 aromatic rings. The first-order valence-electron chi connectivity index (χ1n) is 8.38. The molecule has 1 fully saturated rings. The van der Waals surface area contributed by atoms with Crippen molar-refractivity contribution in [3.63, 3.8) is 0 Å². The molecule has 27 heavy (non-hydrogen) atoms. The molecule has 0 spiro atoms. The molecule has 0 bridgehead atoms. The molecule has 0 saturated heterocycles. The molecule has 1 saturated carbocycles. The summed E-state index contributed by atoms with van der Waals surface area (Å²) in [5.74, 6) is -0.761. The normalized spacial score (nSPS) is 20.8. The SMILES string of the molecule is Cc1sc(NC(=O)[C@@]2(NC(=O)O)C[C@@H]2C)c(C(=O)c2ccc(Cl)cc2)c1C. The summed E-state index contributed by atoms with van der Waals surface area (Å²) in [6.07, 6.45) is -0.819. The number of carbonyl (C=O) groups excluding carboxylic acids is 2. The first-order chi connectivity index (χ1) is 12.7. The maximum absolute atomic E-state index is 13.0. The Labute approximate surface area is 165 Å². The number of ketones is 1. The van der Waals surface area contributed by atoms with Gasteiger partial charge in [0, 0.05) is 15.5 Å². The maximum Gasteiger partial charge on any atom is 0.405 e. The van der Waals surface area contributed by atoms with Gasteiger partial charge in [0.1, 0.15) is 10.5 Å². The van der Waals surface area contributed by atoms with E-state index in [-0.39, 0.29) is 11.7 Å². The molecule has 6 nitrogen and oxygen atoms in total. The fourth-order valence-corrected chi connectivity index (χ4v) is 4.29. The molecule has 1 aliphatic rings. The van der Waals surface area contributed by atoms with Crippen LogP contribution in [0.25, 0.3) is 0 Å². The van der Waals surface area contributed by atoms with E-state index < -0.39 is 17.5 Å². The summed E-state index contributed by atoms with van der Waals surface area (Å²) < 4.78 is 0. The molecule has 3 rings (SSSR count). The van der Waals surface area contributed by atoms with E-state index in [0.29, 0.717) is 27.6 Å². The summed E-state index contributed by atoms with van der Waals surface area (Å²) in [5.41, 5.74) is 0.540. The topological polar surface area (TPSA) is 95.5 Å². The lowest BCUT2D eigenvalue weighted by Gasteiger charge is -2.16. The second-order valence-electron chi connectivity index (χ2n) is 6.78. The highest BCUT2D eigenvalue weighted by atomic mass is 35.5. The van der Waals surface area contributed by atoms with Crippen LogP contribution in [0.3, 0.4) is 0 Å². The van der Waals surface area contributed by atoms with Gasteiger partial charge in [-0.3, -0.25) is 9.59 Å². The van der Waals surface area contributed by atoms with Crippen LogP contribution in [0.2, 0.25) is 5.02 Å². The summed E-state index contributed by atoms with van der Waals surface area (Å²) >= 11 is 7.19. The van der Waals surface area contributed by atoms with E-state index in [4.69, 9.17) is 16.7 Å². The van der Waals surface area contributed by atoms with Gasteiger partial charge in [0.25, 0.3) is 5.91 Å². The highest BCUT2D eigenvalue weighted by Gasteiger charge is 2.59. The van der Waals surface area contributed by atoms with E-state index in [1.54, 1.807) is 31.2 Å². The zero-order valence-electron chi connectivity index (χ0n) is 15.1. The maximum atomic E-state index is 13.0. The number of nitrogens with one attached hydrogen (secondary N) is 2. The van der Waals surface area contributed by atoms with Gasteiger partial charge in [-0.2, -0.15) is 0 Å². The largest absolute Gasteiger partial charge is 0.465 e. The van der Waals surface area contributed by atoms with Gasteiger partial charge in [0.05, 0.1) is 5.56 Å². The molecular weight excluding hydrogens is 388 g/mol. The lowest BCUT2D eigenvalue weighted by Crippen LogP contribution is -2.47. The lowest BCUT2D eigenvalue weighted by molar-refractivity contribution is -0.119. The standard InChI is InChI=1S/C19H19ClN2O4S/c1-9-8-19(9,22-18(25)26)17(24)21-16-14(10(2)11(3)27-16)15(23)12-4-6-13(20)7-5-12/h4-7,9,22H,8H2,1-3H3,(H,21,24)(H,25,26)/t9-,19+/m0/s1. The quantitative estimate of drug-likeness (QED) is 0.647. The number of amides is 2. The molecule has 2 atom stereocenters. The van der Waals surface area contributed by atoms with Crippen LogP contribution in [0.4, 0.5) is 9.80 Å². The van der Waals surface area contributed by atoms with E-state index in [1.807, 2.05) is 13.8 Å². The number of thiophene rings is 1. The molecule has 142 valence electrons. The van der Waals surface area contributed by atoms with Crippen LogP contribution in [0.1, 0.15) is 39.7 Å². The highest BCUT2D eigenvalue weighted by molar-refractivity contribution is 7.16. The Hall–Kier alpha value is -2.38. The number of anilines is 1. The molecule has 0 radical (unpaired) electrons. The molecular formula is C19H19ClN2O4S. The van der Waals surface area contributed by atoms with Crippen LogP contribution < -0.4 is 10.6 Å².